The Kier molecular flexibility index (Phi) is 5.45. The van der Waals surface area contributed by atoms with E-state index >= 15 is 0 Å². The molecule has 1 aromatic carbocycles. The summed E-state index contributed by atoms with van der Waals surface area (Å²) in [5.74, 6) is 1.16. The molecule has 1 unspecified atom stereocenters. The lowest BCUT2D eigenvalue weighted by molar-refractivity contribution is -0.125. The fourth-order valence-corrected chi connectivity index (χ4v) is 4.82. The molecule has 0 bridgehead atoms. The van der Waals surface area contributed by atoms with Crippen molar-refractivity contribution in [2.24, 2.45) is 5.92 Å². The zero-order valence-corrected chi connectivity index (χ0v) is 17.6. The molecule has 1 N–H and O–H groups in total. The molecule has 1 atom stereocenters. The molecule has 0 aliphatic carbocycles. The van der Waals surface area contributed by atoms with E-state index in [1.165, 1.54) is 15.0 Å². The number of hydrogen-bond acceptors (Lipinski definition) is 4. The van der Waals surface area contributed by atoms with E-state index in [-0.39, 0.29) is 11.8 Å². The van der Waals surface area contributed by atoms with Crippen molar-refractivity contribution in [2.75, 3.05) is 18.0 Å². The molecule has 0 radical (unpaired) electrons. The Morgan fingerprint density at radius 3 is 2.96 bits per heavy atom. The number of fused-ring (bicyclic) bond motifs is 1. The van der Waals surface area contributed by atoms with E-state index in [1.54, 1.807) is 11.3 Å². The highest BCUT2D eigenvalue weighted by Gasteiger charge is 2.27. The number of aryl methyl sites for hydroxylation is 1. The lowest BCUT2D eigenvalue weighted by atomic mass is 9.96. The summed E-state index contributed by atoms with van der Waals surface area (Å²) >= 11 is 5.23. The van der Waals surface area contributed by atoms with Crippen molar-refractivity contribution >= 4 is 49.1 Å². The number of piperidine rings is 1. The standard InChI is InChI=1S/C21H22BrN3OS/c1-14-11-18-19(27-14)8-9-23-20(18)25-10-2-3-16(13-25)21(26)24-12-15-4-6-17(22)7-5-15/h4-9,11,16H,2-3,10,12-13H2,1H3,(H,24,26). The molecule has 2 aromatic heterocycles. The van der Waals surface area contributed by atoms with Gasteiger partial charge in [0.2, 0.25) is 5.91 Å². The molecule has 1 aliphatic rings. The van der Waals surface area contributed by atoms with E-state index in [1.807, 2.05) is 30.5 Å². The zero-order valence-electron chi connectivity index (χ0n) is 15.2. The first-order chi connectivity index (χ1) is 13.1. The van der Waals surface area contributed by atoms with E-state index in [9.17, 15) is 4.79 Å². The number of halogens is 1. The highest BCUT2D eigenvalue weighted by molar-refractivity contribution is 9.10. The number of hydrogen-bond donors (Lipinski definition) is 1. The van der Waals surface area contributed by atoms with Gasteiger partial charge < -0.3 is 10.2 Å². The minimum atomic E-state index is 0.00554. The van der Waals surface area contributed by atoms with Crippen LogP contribution in [0.5, 0.6) is 0 Å². The van der Waals surface area contributed by atoms with Gasteiger partial charge >= 0.3 is 0 Å². The zero-order chi connectivity index (χ0) is 18.8. The Bertz CT molecular complexity index is 954. The summed E-state index contributed by atoms with van der Waals surface area (Å²) in [4.78, 5) is 20.9. The van der Waals surface area contributed by atoms with E-state index in [2.05, 4.69) is 50.2 Å². The van der Waals surface area contributed by atoms with Crippen molar-refractivity contribution in [2.45, 2.75) is 26.3 Å². The minimum Gasteiger partial charge on any atom is -0.355 e. The maximum absolute atomic E-state index is 12.7. The Labute approximate surface area is 171 Å². The third kappa shape index (κ3) is 4.17. The van der Waals surface area contributed by atoms with Gasteiger partial charge in [0, 0.05) is 45.3 Å². The van der Waals surface area contributed by atoms with Gasteiger partial charge in [0.05, 0.1) is 5.92 Å². The number of thiophene rings is 1. The smallest absolute Gasteiger partial charge is 0.225 e. The highest BCUT2D eigenvalue weighted by Crippen LogP contribution is 2.33. The summed E-state index contributed by atoms with van der Waals surface area (Å²) in [6.45, 7) is 4.38. The Morgan fingerprint density at radius 2 is 2.15 bits per heavy atom. The van der Waals surface area contributed by atoms with E-state index in [0.717, 1.165) is 41.8 Å². The van der Waals surface area contributed by atoms with E-state index < -0.39 is 0 Å². The molecule has 0 saturated carbocycles. The number of amides is 1. The predicted molar refractivity (Wildman–Crippen MR) is 115 cm³/mol. The van der Waals surface area contributed by atoms with E-state index in [4.69, 9.17) is 0 Å². The van der Waals surface area contributed by atoms with Crippen molar-refractivity contribution in [3.63, 3.8) is 0 Å². The van der Waals surface area contributed by atoms with Gasteiger partial charge in [0.25, 0.3) is 0 Å². The summed E-state index contributed by atoms with van der Waals surface area (Å²) in [7, 11) is 0. The molecule has 140 valence electrons. The van der Waals surface area contributed by atoms with Crippen LogP contribution in [-0.2, 0) is 11.3 Å². The van der Waals surface area contributed by atoms with Crippen molar-refractivity contribution in [3.05, 3.63) is 57.5 Å². The van der Waals surface area contributed by atoms with Crippen molar-refractivity contribution in [1.82, 2.24) is 10.3 Å². The van der Waals surface area contributed by atoms with Gasteiger partial charge in [-0.2, -0.15) is 0 Å². The van der Waals surface area contributed by atoms with Crippen LogP contribution in [0.4, 0.5) is 5.82 Å². The van der Waals surface area contributed by atoms with Gasteiger partial charge in [-0.25, -0.2) is 4.98 Å². The van der Waals surface area contributed by atoms with Crippen LogP contribution in [0.15, 0.2) is 47.1 Å². The first-order valence-electron chi connectivity index (χ1n) is 9.22. The number of pyridine rings is 1. The molecule has 4 nitrogen and oxygen atoms in total. The molecule has 1 saturated heterocycles. The van der Waals surface area contributed by atoms with Crippen molar-refractivity contribution in [1.29, 1.82) is 0 Å². The lowest BCUT2D eigenvalue weighted by Gasteiger charge is -2.33. The second kappa shape index (κ2) is 7.98. The normalized spacial score (nSPS) is 17.3. The summed E-state index contributed by atoms with van der Waals surface area (Å²) in [5.41, 5.74) is 1.11. The Balaban J connectivity index is 1.44. The van der Waals surface area contributed by atoms with Gasteiger partial charge in [-0.3, -0.25) is 4.79 Å². The fraction of sp³-hybridized carbons (Fsp3) is 0.333. The number of benzene rings is 1. The largest absolute Gasteiger partial charge is 0.355 e. The van der Waals surface area contributed by atoms with E-state index in [0.29, 0.717) is 6.54 Å². The lowest BCUT2D eigenvalue weighted by Crippen LogP contribution is -2.43. The van der Waals surface area contributed by atoms with Gasteiger partial charge in [-0.1, -0.05) is 28.1 Å². The van der Waals surface area contributed by atoms with Crippen LogP contribution in [0.3, 0.4) is 0 Å². The molecule has 1 fully saturated rings. The van der Waals surface area contributed by atoms with Crippen LogP contribution >= 0.6 is 27.3 Å². The highest BCUT2D eigenvalue weighted by atomic mass is 79.9. The van der Waals surface area contributed by atoms with Crippen LogP contribution < -0.4 is 10.2 Å². The first kappa shape index (κ1) is 18.4. The van der Waals surface area contributed by atoms with Gasteiger partial charge in [-0.15, -0.1) is 11.3 Å². The Hall–Kier alpha value is -1.92. The second-order valence-corrected chi connectivity index (χ2v) is 9.24. The van der Waals surface area contributed by atoms with Crippen LogP contribution in [0.2, 0.25) is 0 Å². The molecule has 27 heavy (non-hydrogen) atoms. The van der Waals surface area contributed by atoms with Crippen LogP contribution in [0.25, 0.3) is 10.1 Å². The van der Waals surface area contributed by atoms with Gasteiger partial charge in [-0.05, 0) is 49.6 Å². The molecular weight excluding hydrogens is 422 g/mol. The SMILES string of the molecule is Cc1cc2c(N3CCCC(C(=O)NCc4ccc(Br)cc4)C3)nccc2s1. The number of aromatic nitrogens is 1. The Morgan fingerprint density at radius 1 is 1.33 bits per heavy atom. The molecule has 3 aromatic rings. The van der Waals surface area contributed by atoms with Crippen molar-refractivity contribution < 1.29 is 4.79 Å². The maximum Gasteiger partial charge on any atom is 0.225 e. The van der Waals surface area contributed by atoms with Gasteiger partial charge in [0.15, 0.2) is 0 Å². The first-order valence-corrected chi connectivity index (χ1v) is 10.8. The summed E-state index contributed by atoms with van der Waals surface area (Å²) in [6, 6.07) is 12.3. The predicted octanol–water partition coefficient (Wildman–Crippen LogP) is 4.90. The third-order valence-electron chi connectivity index (χ3n) is 5.02. The topological polar surface area (TPSA) is 45.2 Å². The van der Waals surface area contributed by atoms with Gasteiger partial charge in [0.1, 0.15) is 5.82 Å². The number of carbonyl (C=O) groups excluding carboxylic acids is 1. The number of nitrogens with one attached hydrogen (secondary N) is 1. The molecule has 1 amide bonds. The monoisotopic (exact) mass is 443 g/mol. The molecule has 4 rings (SSSR count). The summed E-state index contributed by atoms with van der Waals surface area (Å²) in [5, 5.41) is 4.31. The van der Waals surface area contributed by atoms with Crippen LogP contribution in [0.1, 0.15) is 23.3 Å². The quantitative estimate of drug-likeness (QED) is 0.623. The number of rotatable bonds is 4. The minimum absolute atomic E-state index is 0.00554. The summed E-state index contributed by atoms with van der Waals surface area (Å²) in [6.07, 6.45) is 3.82. The molecule has 0 spiro atoms. The number of nitrogens with zero attached hydrogens (tertiary/aromatic N) is 2. The van der Waals surface area contributed by atoms with Crippen LogP contribution in [0, 0.1) is 12.8 Å². The average Bonchev–Trinajstić information content (AvgIpc) is 3.07. The molecule has 1 aliphatic heterocycles. The third-order valence-corrected chi connectivity index (χ3v) is 6.56. The molecule has 3 heterocycles. The average molecular weight is 444 g/mol. The molecule has 6 heteroatoms. The molecular formula is C21H22BrN3OS. The van der Waals surface area contributed by atoms with Crippen LogP contribution in [-0.4, -0.2) is 24.0 Å². The number of carbonyl (C=O) groups is 1. The second-order valence-electron chi connectivity index (χ2n) is 7.03. The summed E-state index contributed by atoms with van der Waals surface area (Å²) < 4.78 is 2.31. The maximum atomic E-state index is 12.7. The number of anilines is 1. The van der Waals surface area contributed by atoms with Crippen molar-refractivity contribution in [3.8, 4) is 0 Å². The fourth-order valence-electron chi connectivity index (χ4n) is 3.65.